The maximum absolute atomic E-state index is 13.9. The van der Waals surface area contributed by atoms with Gasteiger partial charge in [-0.2, -0.15) is 0 Å². The molecule has 0 saturated heterocycles. The van der Waals surface area contributed by atoms with Gasteiger partial charge in [-0.1, -0.05) is 50.2 Å². The second-order valence-corrected chi connectivity index (χ2v) is 11.6. The van der Waals surface area contributed by atoms with E-state index < -0.39 is 47.4 Å². The van der Waals surface area contributed by atoms with Gasteiger partial charge in [-0.05, 0) is 49.2 Å². The van der Waals surface area contributed by atoms with Crippen molar-refractivity contribution < 1.29 is 47.7 Å². The molecular weight excluding hydrogens is 620 g/mol. The van der Waals surface area contributed by atoms with E-state index in [1.54, 1.807) is 48.5 Å². The van der Waals surface area contributed by atoms with Crippen LogP contribution in [0.25, 0.3) is 0 Å². The quantitative estimate of drug-likeness (QED) is 0.140. The van der Waals surface area contributed by atoms with E-state index in [9.17, 15) is 29.4 Å². The van der Waals surface area contributed by atoms with Crippen LogP contribution in [0.15, 0.2) is 93.8 Å². The molecule has 12 nitrogen and oxygen atoms in total. The second kappa shape index (κ2) is 15.4. The van der Waals surface area contributed by atoms with E-state index in [1.165, 1.54) is 9.80 Å². The van der Waals surface area contributed by atoms with Crippen LogP contribution in [0.2, 0.25) is 0 Å². The van der Waals surface area contributed by atoms with Gasteiger partial charge in [0, 0.05) is 25.2 Å². The van der Waals surface area contributed by atoms with Crippen LogP contribution in [0.3, 0.4) is 0 Å². The standard InChI is InChI=1S/C36H38N2O10/c1-3-19-37(21-25-15-17-27(47-25)45-23-11-7-5-8-12-23)33(39)29-31(35(41)42)30(32(29)36(43)44)34(40)38(20-4-2)22-26-16-18-28(48-26)46-24-13-9-6-10-14-24/h5-18,29-32H,3-4,19-22H2,1-2H3,(H,41,42)(H,43,44)/t29-,30-,31-,32-. The first-order valence-electron chi connectivity index (χ1n) is 15.9. The average Bonchev–Trinajstić information content (AvgIpc) is 3.69. The molecule has 5 rings (SSSR count). The summed E-state index contributed by atoms with van der Waals surface area (Å²) in [6, 6.07) is 24.5. The number of carboxylic acids is 2. The smallest absolute Gasteiger partial charge is 0.308 e. The van der Waals surface area contributed by atoms with E-state index in [1.807, 2.05) is 50.2 Å². The van der Waals surface area contributed by atoms with Gasteiger partial charge in [-0.25, -0.2) is 0 Å². The van der Waals surface area contributed by atoms with Crippen LogP contribution in [-0.2, 0) is 32.3 Å². The number of furan rings is 2. The zero-order valence-corrected chi connectivity index (χ0v) is 26.7. The highest BCUT2D eigenvalue weighted by Crippen LogP contribution is 2.49. The van der Waals surface area contributed by atoms with Gasteiger partial charge in [-0.15, -0.1) is 0 Å². The molecule has 12 heteroatoms. The number of rotatable bonds is 16. The Balaban J connectivity index is 1.32. The lowest BCUT2D eigenvalue weighted by Crippen LogP contribution is -2.64. The molecule has 2 aromatic heterocycles. The van der Waals surface area contributed by atoms with Gasteiger partial charge in [0.25, 0.3) is 11.9 Å². The number of carboxylic acid groups (broad SMARTS) is 2. The van der Waals surface area contributed by atoms with Crippen molar-refractivity contribution in [1.82, 2.24) is 9.80 Å². The lowest BCUT2D eigenvalue weighted by atomic mass is 9.55. The first-order valence-corrected chi connectivity index (χ1v) is 15.9. The minimum absolute atomic E-state index is 0.0353. The van der Waals surface area contributed by atoms with E-state index in [0.717, 1.165) is 0 Å². The Morgan fingerprint density at radius 2 is 0.958 bits per heavy atom. The minimum Gasteiger partial charge on any atom is -0.481 e. The minimum atomic E-state index is -1.54. The number of carbonyl (C=O) groups is 4. The van der Waals surface area contributed by atoms with Gasteiger partial charge in [0.2, 0.25) is 11.8 Å². The third kappa shape index (κ3) is 7.71. The number of benzene rings is 2. The fourth-order valence-corrected chi connectivity index (χ4v) is 6.05. The molecule has 0 atom stereocenters. The number of ether oxygens (including phenoxy) is 2. The van der Waals surface area contributed by atoms with Crippen molar-refractivity contribution in [3.63, 3.8) is 0 Å². The third-order valence-electron chi connectivity index (χ3n) is 8.19. The zero-order valence-electron chi connectivity index (χ0n) is 26.7. The summed E-state index contributed by atoms with van der Waals surface area (Å²) in [5.74, 6) is -7.87. The maximum atomic E-state index is 13.9. The zero-order chi connectivity index (χ0) is 34.2. The topological polar surface area (TPSA) is 160 Å². The van der Waals surface area contributed by atoms with Gasteiger partial charge >= 0.3 is 11.9 Å². The highest BCUT2D eigenvalue weighted by Gasteiger charge is 2.64. The molecule has 1 aliphatic carbocycles. The molecule has 252 valence electrons. The van der Waals surface area contributed by atoms with Crippen molar-refractivity contribution in [2.75, 3.05) is 13.1 Å². The summed E-state index contributed by atoms with van der Waals surface area (Å²) in [6.07, 6.45) is 1.04. The summed E-state index contributed by atoms with van der Waals surface area (Å²) in [7, 11) is 0. The largest absolute Gasteiger partial charge is 0.481 e. The second-order valence-electron chi connectivity index (χ2n) is 11.6. The molecule has 0 aliphatic heterocycles. The lowest BCUT2D eigenvalue weighted by molar-refractivity contribution is -0.187. The molecule has 48 heavy (non-hydrogen) atoms. The summed E-state index contributed by atoms with van der Waals surface area (Å²) in [5.41, 5.74) is 0. The highest BCUT2D eigenvalue weighted by atomic mass is 16.6. The molecule has 2 aromatic carbocycles. The van der Waals surface area contributed by atoms with Gasteiger partial charge in [-0.3, -0.25) is 19.2 Å². The van der Waals surface area contributed by atoms with E-state index in [-0.39, 0.29) is 38.1 Å². The van der Waals surface area contributed by atoms with Crippen LogP contribution in [0.5, 0.6) is 23.4 Å². The van der Waals surface area contributed by atoms with Gasteiger partial charge in [0.1, 0.15) is 23.0 Å². The van der Waals surface area contributed by atoms with Crippen molar-refractivity contribution in [2.45, 2.75) is 39.8 Å². The molecule has 2 heterocycles. The van der Waals surface area contributed by atoms with Crippen LogP contribution >= 0.6 is 0 Å². The summed E-state index contributed by atoms with van der Waals surface area (Å²) < 4.78 is 23.0. The molecule has 1 aliphatic rings. The molecule has 0 radical (unpaired) electrons. The molecule has 1 fully saturated rings. The summed E-state index contributed by atoms with van der Waals surface area (Å²) >= 11 is 0. The first-order chi connectivity index (χ1) is 23.2. The van der Waals surface area contributed by atoms with Crippen LogP contribution in [-0.4, -0.2) is 56.9 Å². The lowest BCUT2D eigenvalue weighted by Gasteiger charge is -2.48. The summed E-state index contributed by atoms with van der Waals surface area (Å²) in [4.78, 5) is 55.8. The van der Waals surface area contributed by atoms with Crippen LogP contribution in [0.1, 0.15) is 38.2 Å². The highest BCUT2D eigenvalue weighted by molar-refractivity contribution is 5.99. The molecule has 2 amide bonds. The van der Waals surface area contributed by atoms with E-state index >= 15 is 0 Å². The number of carbonyl (C=O) groups excluding carboxylic acids is 2. The monoisotopic (exact) mass is 658 g/mol. The predicted octanol–water partition coefficient (Wildman–Crippen LogP) is 6.28. The van der Waals surface area contributed by atoms with E-state index in [4.69, 9.17) is 18.3 Å². The number of hydrogen-bond acceptors (Lipinski definition) is 8. The average molecular weight is 659 g/mol. The number of nitrogens with zero attached hydrogens (tertiary/aromatic N) is 2. The fourth-order valence-electron chi connectivity index (χ4n) is 6.05. The van der Waals surface area contributed by atoms with Gasteiger partial charge < -0.3 is 38.3 Å². The summed E-state index contributed by atoms with van der Waals surface area (Å²) in [6.45, 7) is 4.05. The third-order valence-corrected chi connectivity index (χ3v) is 8.19. The molecular formula is C36H38N2O10. The van der Waals surface area contributed by atoms with Crippen molar-refractivity contribution in [2.24, 2.45) is 23.7 Å². The maximum Gasteiger partial charge on any atom is 0.308 e. The molecule has 0 unspecified atom stereocenters. The number of para-hydroxylation sites is 2. The Kier molecular flexibility index (Phi) is 10.8. The predicted molar refractivity (Wildman–Crippen MR) is 171 cm³/mol. The molecule has 1 saturated carbocycles. The SMILES string of the molecule is CCCN(Cc1ccc(Oc2ccccc2)o1)C(=O)[C@H]1[C@H](C(=O)O)[C@H](C(=O)N(CCC)Cc2ccc(Oc3ccccc3)o2)[C@H]1C(=O)O. The van der Waals surface area contributed by atoms with E-state index in [0.29, 0.717) is 35.9 Å². The molecule has 0 spiro atoms. The number of hydrogen-bond donors (Lipinski definition) is 2. The Morgan fingerprint density at radius 3 is 1.29 bits per heavy atom. The van der Waals surface area contributed by atoms with E-state index in [2.05, 4.69) is 0 Å². The Labute approximate surface area is 277 Å². The Hall–Kier alpha value is -5.52. The van der Waals surface area contributed by atoms with Crippen LogP contribution in [0, 0.1) is 23.7 Å². The Morgan fingerprint density at radius 1 is 0.583 bits per heavy atom. The Bertz CT molecular complexity index is 1570. The van der Waals surface area contributed by atoms with Crippen LogP contribution < -0.4 is 9.47 Å². The van der Waals surface area contributed by atoms with Crippen molar-refractivity contribution >= 4 is 23.8 Å². The first kappa shape index (κ1) is 33.8. The van der Waals surface area contributed by atoms with Crippen LogP contribution in [0.4, 0.5) is 0 Å². The van der Waals surface area contributed by atoms with Crippen molar-refractivity contribution in [1.29, 1.82) is 0 Å². The number of aliphatic carboxylic acids is 2. The normalized spacial score (nSPS) is 18.4. The molecule has 0 bridgehead atoms. The summed E-state index contributed by atoms with van der Waals surface area (Å²) in [5, 5.41) is 20.5. The fraction of sp³-hybridized carbons (Fsp3) is 0.333. The molecule has 4 aromatic rings. The van der Waals surface area contributed by atoms with Gasteiger partial charge in [0.15, 0.2) is 0 Å². The number of amides is 2. The van der Waals surface area contributed by atoms with Crippen molar-refractivity contribution in [3.8, 4) is 23.4 Å². The van der Waals surface area contributed by atoms with Gasteiger partial charge in [0.05, 0.1) is 36.8 Å². The van der Waals surface area contributed by atoms with Crippen molar-refractivity contribution in [3.05, 3.63) is 96.4 Å². The molecule has 2 N–H and O–H groups in total.